The van der Waals surface area contributed by atoms with Gasteiger partial charge in [0, 0.05) is 25.5 Å². The van der Waals surface area contributed by atoms with Crippen molar-refractivity contribution in [2.45, 2.75) is 24.2 Å². The highest BCUT2D eigenvalue weighted by molar-refractivity contribution is 7.90. The highest BCUT2D eigenvalue weighted by Crippen LogP contribution is 2.25. The zero-order valence-corrected chi connectivity index (χ0v) is 13.4. The highest BCUT2D eigenvalue weighted by atomic mass is 32.2. The third kappa shape index (κ3) is 3.30. The largest absolute Gasteiger partial charge is 0.356 e. The molecule has 6 nitrogen and oxygen atoms in total. The van der Waals surface area contributed by atoms with Crippen LogP contribution in [-0.2, 0) is 16.3 Å². The van der Waals surface area contributed by atoms with Gasteiger partial charge in [-0.1, -0.05) is 6.07 Å². The summed E-state index contributed by atoms with van der Waals surface area (Å²) in [5.41, 5.74) is 0.718. The molecule has 3 rings (SSSR count). The predicted octanol–water partition coefficient (Wildman–Crippen LogP) is 1.67. The molecular weight excluding hydrogens is 300 g/mol. The number of sulfone groups is 1. The van der Waals surface area contributed by atoms with Crippen LogP contribution in [0.1, 0.15) is 18.5 Å². The fourth-order valence-corrected chi connectivity index (χ4v) is 3.86. The van der Waals surface area contributed by atoms with Crippen molar-refractivity contribution in [3.05, 3.63) is 36.3 Å². The minimum atomic E-state index is -3.23. The summed E-state index contributed by atoms with van der Waals surface area (Å²) in [4.78, 5) is 6.99. The molecule has 2 aromatic rings. The Bertz CT molecular complexity index is 727. The van der Waals surface area contributed by atoms with Crippen molar-refractivity contribution in [3.8, 4) is 0 Å². The Hall–Kier alpha value is -1.89. The molecule has 0 aliphatic carbocycles. The van der Waals surface area contributed by atoms with Gasteiger partial charge in [0.1, 0.15) is 10.7 Å². The van der Waals surface area contributed by atoms with Crippen LogP contribution in [0, 0.1) is 5.92 Å². The van der Waals surface area contributed by atoms with E-state index in [0.29, 0.717) is 17.2 Å². The SMILES string of the molecule is CS(=O)(=O)c1cn[nH]c1C[C@@H]1CCCN(c2ccccn2)C1. The predicted molar refractivity (Wildman–Crippen MR) is 84.6 cm³/mol. The zero-order chi connectivity index (χ0) is 15.6. The van der Waals surface area contributed by atoms with Gasteiger partial charge < -0.3 is 4.90 Å². The monoisotopic (exact) mass is 320 g/mol. The van der Waals surface area contributed by atoms with Crippen LogP contribution in [0.15, 0.2) is 35.5 Å². The van der Waals surface area contributed by atoms with Crippen LogP contribution >= 0.6 is 0 Å². The second kappa shape index (κ2) is 6.08. The average Bonchev–Trinajstić information content (AvgIpc) is 2.97. The van der Waals surface area contributed by atoms with E-state index in [1.54, 1.807) is 6.20 Å². The first kappa shape index (κ1) is 15.0. The summed E-state index contributed by atoms with van der Waals surface area (Å²) in [5, 5.41) is 6.75. The van der Waals surface area contributed by atoms with Gasteiger partial charge in [-0.15, -0.1) is 0 Å². The lowest BCUT2D eigenvalue weighted by Gasteiger charge is -2.33. The molecule has 0 aromatic carbocycles. The zero-order valence-electron chi connectivity index (χ0n) is 12.6. The Kier molecular flexibility index (Phi) is 4.15. The Morgan fingerprint density at radius 1 is 1.41 bits per heavy atom. The van der Waals surface area contributed by atoms with Crippen LogP contribution in [0.5, 0.6) is 0 Å². The molecule has 0 amide bonds. The number of rotatable bonds is 4. The lowest BCUT2D eigenvalue weighted by atomic mass is 9.93. The van der Waals surface area contributed by atoms with E-state index in [2.05, 4.69) is 20.1 Å². The second-order valence-corrected chi connectivity index (χ2v) is 7.82. The van der Waals surface area contributed by atoms with Gasteiger partial charge in [0.2, 0.25) is 0 Å². The summed E-state index contributed by atoms with van der Waals surface area (Å²) < 4.78 is 23.5. The van der Waals surface area contributed by atoms with Crippen LogP contribution in [0.3, 0.4) is 0 Å². The molecule has 0 unspecified atom stereocenters. The van der Waals surface area contributed by atoms with E-state index in [-0.39, 0.29) is 0 Å². The van der Waals surface area contributed by atoms with Gasteiger partial charge in [-0.3, -0.25) is 5.10 Å². The number of H-pyrrole nitrogens is 1. The third-order valence-electron chi connectivity index (χ3n) is 4.06. The first-order valence-corrected chi connectivity index (χ1v) is 9.31. The van der Waals surface area contributed by atoms with E-state index in [1.807, 2.05) is 18.2 Å². The lowest BCUT2D eigenvalue weighted by Crippen LogP contribution is -2.36. The van der Waals surface area contributed by atoms with Gasteiger partial charge >= 0.3 is 0 Å². The maximum atomic E-state index is 11.8. The molecule has 0 bridgehead atoms. The molecule has 0 spiro atoms. The Morgan fingerprint density at radius 2 is 2.27 bits per heavy atom. The smallest absolute Gasteiger partial charge is 0.178 e. The van der Waals surface area contributed by atoms with Crippen molar-refractivity contribution >= 4 is 15.7 Å². The van der Waals surface area contributed by atoms with Gasteiger partial charge in [0.15, 0.2) is 9.84 Å². The van der Waals surface area contributed by atoms with Crippen molar-refractivity contribution in [2.75, 3.05) is 24.2 Å². The number of aromatic amines is 1. The molecule has 1 atom stereocenters. The van der Waals surface area contributed by atoms with Crippen LogP contribution in [0.25, 0.3) is 0 Å². The lowest BCUT2D eigenvalue weighted by molar-refractivity contribution is 0.406. The summed E-state index contributed by atoms with van der Waals surface area (Å²) in [7, 11) is -3.23. The normalized spacial score (nSPS) is 19.3. The van der Waals surface area contributed by atoms with E-state index < -0.39 is 9.84 Å². The van der Waals surface area contributed by atoms with Gasteiger partial charge in [0.05, 0.1) is 11.9 Å². The molecule has 2 aromatic heterocycles. The molecule has 22 heavy (non-hydrogen) atoms. The fraction of sp³-hybridized carbons (Fsp3) is 0.467. The number of nitrogens with one attached hydrogen (secondary N) is 1. The number of nitrogens with zero attached hydrogens (tertiary/aromatic N) is 3. The van der Waals surface area contributed by atoms with Crippen molar-refractivity contribution < 1.29 is 8.42 Å². The van der Waals surface area contributed by atoms with Crippen LogP contribution in [0.2, 0.25) is 0 Å². The first-order chi connectivity index (χ1) is 10.5. The van der Waals surface area contributed by atoms with Gasteiger partial charge in [0.25, 0.3) is 0 Å². The Morgan fingerprint density at radius 3 is 3.00 bits per heavy atom. The number of anilines is 1. The summed E-state index contributed by atoms with van der Waals surface area (Å²) in [6.45, 7) is 1.88. The van der Waals surface area contributed by atoms with Crippen molar-refractivity contribution in [1.82, 2.24) is 15.2 Å². The fourth-order valence-electron chi connectivity index (χ4n) is 3.04. The van der Waals surface area contributed by atoms with Crippen molar-refractivity contribution in [3.63, 3.8) is 0 Å². The number of hydrogen-bond donors (Lipinski definition) is 1. The molecule has 0 radical (unpaired) electrons. The maximum absolute atomic E-state index is 11.8. The molecule has 1 saturated heterocycles. The first-order valence-electron chi connectivity index (χ1n) is 7.42. The summed E-state index contributed by atoms with van der Waals surface area (Å²) >= 11 is 0. The number of pyridine rings is 1. The number of hydrogen-bond acceptors (Lipinski definition) is 5. The molecule has 7 heteroatoms. The minimum absolute atomic E-state index is 0.322. The molecule has 3 heterocycles. The van der Waals surface area contributed by atoms with Crippen LogP contribution < -0.4 is 4.90 Å². The molecule has 1 aliphatic heterocycles. The topological polar surface area (TPSA) is 79.0 Å². The number of piperidine rings is 1. The standard InChI is InChI=1S/C15H20N4O2S/c1-22(20,21)14-10-17-18-13(14)9-12-5-4-8-19(11-12)15-6-2-3-7-16-15/h2-3,6-7,10,12H,4-5,8-9,11H2,1H3,(H,17,18)/t12-/m0/s1. The molecule has 1 N–H and O–H groups in total. The molecule has 118 valence electrons. The molecular formula is C15H20N4O2S. The number of aromatic nitrogens is 3. The van der Waals surface area contributed by atoms with E-state index in [1.165, 1.54) is 12.5 Å². The summed E-state index contributed by atoms with van der Waals surface area (Å²) in [6, 6.07) is 5.91. The maximum Gasteiger partial charge on any atom is 0.178 e. The molecule has 0 saturated carbocycles. The Labute approximate surface area is 130 Å². The highest BCUT2D eigenvalue weighted by Gasteiger charge is 2.24. The van der Waals surface area contributed by atoms with Crippen LogP contribution in [0.4, 0.5) is 5.82 Å². The van der Waals surface area contributed by atoms with Gasteiger partial charge in [-0.05, 0) is 37.3 Å². The summed E-state index contributed by atoms with van der Waals surface area (Å²) in [5.74, 6) is 1.39. The molecule has 1 aliphatic rings. The van der Waals surface area contributed by atoms with Crippen LogP contribution in [-0.4, -0.2) is 42.9 Å². The van der Waals surface area contributed by atoms with E-state index in [9.17, 15) is 8.42 Å². The molecule has 1 fully saturated rings. The van der Waals surface area contributed by atoms with E-state index in [0.717, 1.165) is 37.4 Å². The third-order valence-corrected chi connectivity index (χ3v) is 5.21. The van der Waals surface area contributed by atoms with Crippen molar-refractivity contribution in [1.29, 1.82) is 0 Å². The average molecular weight is 320 g/mol. The van der Waals surface area contributed by atoms with E-state index >= 15 is 0 Å². The quantitative estimate of drug-likeness (QED) is 0.927. The second-order valence-electron chi connectivity index (χ2n) is 5.83. The minimum Gasteiger partial charge on any atom is -0.356 e. The summed E-state index contributed by atoms with van der Waals surface area (Å²) in [6.07, 6.45) is 7.31. The van der Waals surface area contributed by atoms with Gasteiger partial charge in [-0.2, -0.15) is 5.10 Å². The van der Waals surface area contributed by atoms with Crippen molar-refractivity contribution in [2.24, 2.45) is 5.92 Å². The van der Waals surface area contributed by atoms with E-state index in [4.69, 9.17) is 0 Å². The van der Waals surface area contributed by atoms with Gasteiger partial charge in [-0.25, -0.2) is 13.4 Å². The Balaban J connectivity index is 1.73.